The van der Waals surface area contributed by atoms with Gasteiger partial charge in [0.1, 0.15) is 11.6 Å². The largest absolute Gasteiger partial charge is 0.347 e. The van der Waals surface area contributed by atoms with Gasteiger partial charge in [0.2, 0.25) is 0 Å². The Morgan fingerprint density at radius 1 is 1.09 bits per heavy atom. The van der Waals surface area contributed by atoms with Crippen LogP contribution in [0.5, 0.6) is 0 Å². The Kier molecular flexibility index (Phi) is 3.29. The Balaban J connectivity index is 1.70. The van der Waals surface area contributed by atoms with Gasteiger partial charge in [-0.1, -0.05) is 30.3 Å². The number of rotatable bonds is 2. The number of nitrogens with zero attached hydrogens (tertiary/aromatic N) is 6. The topological polar surface area (TPSA) is 59.7 Å². The lowest BCUT2D eigenvalue weighted by Crippen LogP contribution is -2.37. The van der Waals surface area contributed by atoms with Gasteiger partial charge in [0.05, 0.1) is 12.6 Å². The van der Waals surface area contributed by atoms with E-state index in [4.69, 9.17) is 0 Å². The number of aryl methyl sites for hydroxylation is 1. The summed E-state index contributed by atoms with van der Waals surface area (Å²) in [6.45, 7) is 5.69. The van der Waals surface area contributed by atoms with Crippen LogP contribution in [0.15, 0.2) is 42.6 Å². The lowest BCUT2D eigenvalue weighted by Gasteiger charge is -2.33. The third-order valence-electron chi connectivity index (χ3n) is 4.14. The molecular weight excluding hydrogens is 288 g/mol. The van der Waals surface area contributed by atoms with Crippen LogP contribution in [0.25, 0.3) is 11.4 Å². The van der Waals surface area contributed by atoms with Crippen LogP contribution in [-0.2, 0) is 6.54 Å². The summed E-state index contributed by atoms with van der Waals surface area (Å²) < 4.78 is 2.24. The second kappa shape index (κ2) is 5.46. The molecule has 1 atom stereocenters. The Bertz CT molecular complexity index is 826. The minimum absolute atomic E-state index is 0.277. The highest BCUT2D eigenvalue weighted by molar-refractivity contribution is 5.56. The average molecular weight is 306 g/mol. The van der Waals surface area contributed by atoms with E-state index in [1.54, 1.807) is 6.20 Å². The van der Waals surface area contributed by atoms with Crippen LogP contribution in [0.4, 0.5) is 5.82 Å². The summed E-state index contributed by atoms with van der Waals surface area (Å²) in [5.41, 5.74) is 1.10. The fraction of sp³-hybridized carbons (Fsp3) is 0.294. The van der Waals surface area contributed by atoms with Crippen LogP contribution in [-0.4, -0.2) is 31.3 Å². The van der Waals surface area contributed by atoms with Gasteiger partial charge in [0, 0.05) is 18.3 Å². The number of hydrogen-bond acceptors (Lipinski definition) is 5. The first-order valence-electron chi connectivity index (χ1n) is 7.76. The third-order valence-corrected chi connectivity index (χ3v) is 4.14. The van der Waals surface area contributed by atoms with Crippen molar-refractivity contribution in [3.8, 4) is 11.4 Å². The molecule has 3 heterocycles. The van der Waals surface area contributed by atoms with Gasteiger partial charge in [0.15, 0.2) is 11.6 Å². The van der Waals surface area contributed by atoms with Crippen molar-refractivity contribution < 1.29 is 0 Å². The van der Waals surface area contributed by atoms with Crippen molar-refractivity contribution in [3.05, 3.63) is 54.2 Å². The predicted octanol–water partition coefficient (Wildman–Crippen LogP) is 2.62. The van der Waals surface area contributed by atoms with E-state index in [0.29, 0.717) is 6.54 Å². The third kappa shape index (κ3) is 2.46. The maximum absolute atomic E-state index is 4.53. The molecule has 1 aliphatic rings. The molecule has 116 valence electrons. The molecule has 2 aromatic heterocycles. The number of anilines is 1. The summed E-state index contributed by atoms with van der Waals surface area (Å²) in [6, 6.07) is 12.4. The maximum Gasteiger partial charge on any atom is 0.164 e. The molecular formula is C17H18N6. The molecule has 4 rings (SSSR count). The molecule has 0 radical (unpaired) electrons. The molecule has 6 heteroatoms. The molecule has 0 bridgehead atoms. The molecule has 0 amide bonds. The fourth-order valence-electron chi connectivity index (χ4n) is 3.11. The van der Waals surface area contributed by atoms with Crippen molar-refractivity contribution in [2.24, 2.45) is 0 Å². The molecule has 0 unspecified atom stereocenters. The van der Waals surface area contributed by atoms with Gasteiger partial charge in [0.25, 0.3) is 0 Å². The first-order valence-corrected chi connectivity index (χ1v) is 7.76. The summed E-state index contributed by atoms with van der Waals surface area (Å²) in [5.74, 6) is 3.64. The Morgan fingerprint density at radius 2 is 1.91 bits per heavy atom. The molecule has 0 saturated carbocycles. The smallest absolute Gasteiger partial charge is 0.164 e. The summed E-state index contributed by atoms with van der Waals surface area (Å²) >= 11 is 0. The number of benzene rings is 1. The second-order valence-corrected chi connectivity index (χ2v) is 5.87. The van der Waals surface area contributed by atoms with Crippen LogP contribution in [0, 0.1) is 6.92 Å². The standard InChI is InChI=1S/C17H18N6/c1-12-10-22(15-8-9-18-13(2)19-15)11-16-20-21-17(23(12)16)14-6-4-3-5-7-14/h3-9,12H,10-11H2,1-2H3/t12-/m0/s1. The van der Waals surface area contributed by atoms with Gasteiger partial charge in [-0.05, 0) is 19.9 Å². The van der Waals surface area contributed by atoms with Gasteiger partial charge in [-0.15, -0.1) is 10.2 Å². The normalized spacial score (nSPS) is 17.1. The summed E-state index contributed by atoms with van der Waals surface area (Å²) in [5, 5.41) is 8.83. The lowest BCUT2D eigenvalue weighted by atomic mass is 10.1. The SMILES string of the molecule is Cc1nccc(N2Cc3nnc(-c4ccccc4)n3[C@@H](C)C2)n1. The van der Waals surface area contributed by atoms with Crippen molar-refractivity contribution in [3.63, 3.8) is 0 Å². The van der Waals surface area contributed by atoms with E-state index >= 15 is 0 Å². The Labute approximate surface area is 134 Å². The zero-order valence-corrected chi connectivity index (χ0v) is 13.2. The number of aromatic nitrogens is 5. The van der Waals surface area contributed by atoms with Crippen LogP contribution >= 0.6 is 0 Å². The van der Waals surface area contributed by atoms with Crippen molar-refractivity contribution in [1.29, 1.82) is 0 Å². The fourth-order valence-corrected chi connectivity index (χ4v) is 3.11. The molecule has 23 heavy (non-hydrogen) atoms. The Hall–Kier alpha value is -2.76. The maximum atomic E-state index is 4.53. The highest BCUT2D eigenvalue weighted by Gasteiger charge is 2.27. The first kappa shape index (κ1) is 13.9. The van der Waals surface area contributed by atoms with Gasteiger partial charge >= 0.3 is 0 Å². The second-order valence-electron chi connectivity index (χ2n) is 5.87. The molecule has 0 saturated heterocycles. The molecule has 0 aliphatic carbocycles. The van der Waals surface area contributed by atoms with E-state index in [1.807, 2.05) is 31.2 Å². The van der Waals surface area contributed by atoms with Crippen molar-refractivity contribution >= 4 is 5.82 Å². The van der Waals surface area contributed by atoms with Crippen LogP contribution in [0.1, 0.15) is 24.6 Å². The highest BCUT2D eigenvalue weighted by Crippen LogP contribution is 2.29. The van der Waals surface area contributed by atoms with E-state index in [9.17, 15) is 0 Å². The van der Waals surface area contributed by atoms with Gasteiger partial charge in [-0.25, -0.2) is 9.97 Å². The highest BCUT2D eigenvalue weighted by atomic mass is 15.4. The van der Waals surface area contributed by atoms with E-state index in [0.717, 1.165) is 35.4 Å². The van der Waals surface area contributed by atoms with Crippen molar-refractivity contribution in [2.75, 3.05) is 11.4 Å². The van der Waals surface area contributed by atoms with Crippen LogP contribution in [0.2, 0.25) is 0 Å². The molecule has 6 nitrogen and oxygen atoms in total. The van der Waals surface area contributed by atoms with Crippen LogP contribution in [0.3, 0.4) is 0 Å². The molecule has 1 aliphatic heterocycles. The van der Waals surface area contributed by atoms with Gasteiger partial charge in [-0.2, -0.15) is 0 Å². The molecule has 0 spiro atoms. The monoisotopic (exact) mass is 306 g/mol. The minimum Gasteiger partial charge on any atom is -0.347 e. The quantitative estimate of drug-likeness (QED) is 0.728. The number of fused-ring (bicyclic) bond motifs is 1. The van der Waals surface area contributed by atoms with Crippen molar-refractivity contribution in [1.82, 2.24) is 24.7 Å². The van der Waals surface area contributed by atoms with Gasteiger partial charge < -0.3 is 9.47 Å². The first-order chi connectivity index (χ1) is 11.2. The molecule has 0 N–H and O–H groups in total. The van der Waals surface area contributed by atoms with Crippen molar-refractivity contribution in [2.45, 2.75) is 26.4 Å². The summed E-state index contributed by atoms with van der Waals surface area (Å²) in [7, 11) is 0. The molecule has 0 fully saturated rings. The summed E-state index contributed by atoms with van der Waals surface area (Å²) in [4.78, 5) is 10.9. The van der Waals surface area contributed by atoms with E-state index < -0.39 is 0 Å². The Morgan fingerprint density at radius 3 is 2.70 bits per heavy atom. The summed E-state index contributed by atoms with van der Waals surface area (Å²) in [6.07, 6.45) is 1.80. The average Bonchev–Trinajstić information content (AvgIpc) is 3.00. The van der Waals surface area contributed by atoms with E-state index in [1.165, 1.54) is 0 Å². The number of hydrogen-bond donors (Lipinski definition) is 0. The lowest BCUT2D eigenvalue weighted by molar-refractivity contribution is 0.464. The molecule has 1 aromatic carbocycles. The van der Waals surface area contributed by atoms with Gasteiger partial charge in [-0.3, -0.25) is 0 Å². The van der Waals surface area contributed by atoms with E-state index in [2.05, 4.69) is 48.7 Å². The zero-order chi connectivity index (χ0) is 15.8. The predicted molar refractivity (Wildman–Crippen MR) is 88.0 cm³/mol. The molecule has 3 aromatic rings. The van der Waals surface area contributed by atoms with Crippen LogP contribution < -0.4 is 4.90 Å². The minimum atomic E-state index is 0.277. The van der Waals surface area contributed by atoms with E-state index in [-0.39, 0.29) is 6.04 Å². The zero-order valence-electron chi connectivity index (χ0n) is 13.2.